The highest BCUT2D eigenvalue weighted by Crippen LogP contribution is 2.29. The number of nitro benzene ring substituents is 1. The van der Waals surface area contributed by atoms with Crippen LogP contribution in [0.5, 0.6) is 0 Å². The van der Waals surface area contributed by atoms with Gasteiger partial charge in [0.1, 0.15) is 0 Å². The van der Waals surface area contributed by atoms with Gasteiger partial charge in [0.05, 0.1) is 10.4 Å². The van der Waals surface area contributed by atoms with Gasteiger partial charge in [-0.15, -0.1) is 10.2 Å². The van der Waals surface area contributed by atoms with Crippen LogP contribution < -0.4 is 11.1 Å². The van der Waals surface area contributed by atoms with Gasteiger partial charge >= 0.3 is 5.76 Å². The van der Waals surface area contributed by atoms with E-state index in [-0.39, 0.29) is 5.69 Å². The van der Waals surface area contributed by atoms with Crippen molar-refractivity contribution in [3.63, 3.8) is 0 Å². The van der Waals surface area contributed by atoms with Crippen molar-refractivity contribution in [2.24, 2.45) is 0 Å². The normalized spacial score (nSPS) is 15.0. The molecule has 1 saturated carbocycles. The summed E-state index contributed by atoms with van der Waals surface area (Å²) in [7, 11) is 0. The first kappa shape index (κ1) is 19.9. The van der Waals surface area contributed by atoms with Crippen molar-refractivity contribution in [2.45, 2.75) is 55.5 Å². The van der Waals surface area contributed by atoms with Crippen LogP contribution >= 0.6 is 23.1 Å². The summed E-state index contributed by atoms with van der Waals surface area (Å²) in [6, 6.07) is 4.67. The Kier molecular flexibility index (Phi) is 6.14. The number of rotatable bonds is 8. The first-order valence-corrected chi connectivity index (χ1v) is 11.4. The Morgan fingerprint density at radius 1 is 1.31 bits per heavy atom. The van der Waals surface area contributed by atoms with Gasteiger partial charge in [0.25, 0.3) is 5.69 Å². The van der Waals surface area contributed by atoms with E-state index in [0.717, 1.165) is 15.2 Å². The third-order valence-corrected chi connectivity index (χ3v) is 7.03. The van der Waals surface area contributed by atoms with Crippen LogP contribution in [-0.4, -0.2) is 31.5 Å². The number of anilines is 1. The summed E-state index contributed by atoms with van der Waals surface area (Å²) < 4.78 is 7.51. The average Bonchev–Trinajstić information content (AvgIpc) is 3.29. The molecule has 4 rings (SSSR count). The number of non-ortho nitro benzene ring substituents is 1. The molecule has 154 valence electrons. The van der Waals surface area contributed by atoms with Crippen LogP contribution in [0.4, 0.5) is 10.8 Å². The van der Waals surface area contributed by atoms with Crippen molar-refractivity contribution < 1.29 is 9.34 Å². The van der Waals surface area contributed by atoms with Gasteiger partial charge in [-0.25, -0.2) is 4.79 Å². The second-order valence-electron chi connectivity index (χ2n) is 6.98. The highest BCUT2D eigenvalue weighted by molar-refractivity contribution is 8.01. The molecule has 1 aromatic carbocycles. The zero-order chi connectivity index (χ0) is 20.2. The number of hydrogen-bond acceptors (Lipinski definition) is 9. The van der Waals surface area contributed by atoms with Crippen LogP contribution in [0.2, 0.25) is 0 Å². The molecular formula is C18H21N5O4S2. The summed E-state index contributed by atoms with van der Waals surface area (Å²) >= 11 is 3.15. The molecule has 0 bridgehead atoms. The summed E-state index contributed by atoms with van der Waals surface area (Å²) in [5, 5.41) is 23.8. The van der Waals surface area contributed by atoms with E-state index in [1.54, 1.807) is 23.1 Å². The van der Waals surface area contributed by atoms with Gasteiger partial charge in [0, 0.05) is 30.5 Å². The number of aryl methyl sites for hydroxylation is 1. The molecule has 0 saturated heterocycles. The fourth-order valence-electron chi connectivity index (χ4n) is 3.51. The maximum atomic E-state index is 12.1. The molecule has 1 N–H and O–H groups in total. The molecule has 9 nitrogen and oxygen atoms in total. The van der Waals surface area contributed by atoms with Crippen molar-refractivity contribution in [2.75, 3.05) is 11.1 Å². The number of thioether (sulfide) groups is 1. The zero-order valence-corrected chi connectivity index (χ0v) is 17.3. The lowest BCUT2D eigenvalue weighted by atomic mass is 9.96. The molecule has 0 spiro atoms. The summed E-state index contributed by atoms with van der Waals surface area (Å²) in [5.41, 5.74) is 0.744. The number of nitrogens with zero attached hydrogens (tertiary/aromatic N) is 4. The first-order valence-electron chi connectivity index (χ1n) is 9.61. The minimum Gasteiger partial charge on any atom is -0.408 e. The van der Waals surface area contributed by atoms with Gasteiger partial charge in [0.15, 0.2) is 9.92 Å². The lowest BCUT2D eigenvalue weighted by molar-refractivity contribution is -0.384. The molecule has 2 aromatic heterocycles. The van der Waals surface area contributed by atoms with Crippen molar-refractivity contribution in [1.29, 1.82) is 0 Å². The third-order valence-electron chi connectivity index (χ3n) is 4.95. The van der Waals surface area contributed by atoms with Gasteiger partial charge in [-0.2, -0.15) is 0 Å². The molecule has 0 radical (unpaired) electrons. The van der Waals surface area contributed by atoms with Crippen LogP contribution in [0.15, 0.2) is 31.8 Å². The summed E-state index contributed by atoms with van der Waals surface area (Å²) in [6.45, 7) is 0.423. The Bertz CT molecular complexity index is 1050. The number of hydrogen-bond donors (Lipinski definition) is 1. The lowest BCUT2D eigenvalue weighted by Crippen LogP contribution is -2.21. The molecule has 1 aliphatic carbocycles. The summed E-state index contributed by atoms with van der Waals surface area (Å²) in [6.07, 6.45) is 6.93. The Balaban J connectivity index is 1.31. The Hall–Kier alpha value is -2.40. The summed E-state index contributed by atoms with van der Waals surface area (Å²) in [5.74, 6) is 0.256. The Morgan fingerprint density at radius 2 is 2.14 bits per heavy atom. The maximum absolute atomic E-state index is 12.1. The van der Waals surface area contributed by atoms with Crippen LogP contribution in [-0.2, 0) is 6.54 Å². The smallest absolute Gasteiger partial charge is 0.408 e. The quantitative estimate of drug-likeness (QED) is 0.241. The number of oxazole rings is 1. The Labute approximate surface area is 174 Å². The fraction of sp³-hybridized carbons (Fsp3) is 0.500. The number of fused-ring (bicyclic) bond motifs is 1. The molecule has 0 aliphatic heterocycles. The molecule has 0 atom stereocenters. The van der Waals surface area contributed by atoms with E-state index in [9.17, 15) is 14.9 Å². The minimum atomic E-state index is -0.500. The molecule has 29 heavy (non-hydrogen) atoms. The SMILES string of the molecule is O=c1oc2ccc([N+](=O)[O-])cc2n1CCCSc1nnc(NC2CCCCC2)s1. The molecule has 1 aliphatic rings. The van der Waals surface area contributed by atoms with Crippen molar-refractivity contribution in [3.8, 4) is 0 Å². The van der Waals surface area contributed by atoms with Crippen LogP contribution in [0.3, 0.4) is 0 Å². The predicted molar refractivity (Wildman–Crippen MR) is 113 cm³/mol. The molecule has 1 fully saturated rings. The van der Waals surface area contributed by atoms with Crippen molar-refractivity contribution in [3.05, 3.63) is 38.9 Å². The van der Waals surface area contributed by atoms with Crippen LogP contribution in [0.25, 0.3) is 11.1 Å². The Morgan fingerprint density at radius 3 is 2.93 bits per heavy atom. The minimum absolute atomic E-state index is 0.0618. The molecule has 2 heterocycles. The topological polar surface area (TPSA) is 116 Å². The largest absolute Gasteiger partial charge is 0.419 e. The number of nitro groups is 1. The van der Waals surface area contributed by atoms with E-state index in [1.165, 1.54) is 54.9 Å². The third kappa shape index (κ3) is 4.78. The van der Waals surface area contributed by atoms with Crippen LogP contribution in [0.1, 0.15) is 38.5 Å². The summed E-state index contributed by atoms with van der Waals surface area (Å²) in [4.78, 5) is 22.6. The molecular weight excluding hydrogens is 414 g/mol. The van der Waals surface area contributed by atoms with Gasteiger partial charge in [-0.05, 0) is 25.3 Å². The first-order chi connectivity index (χ1) is 14.1. The monoisotopic (exact) mass is 435 g/mol. The van der Waals surface area contributed by atoms with E-state index in [2.05, 4.69) is 15.5 Å². The molecule has 11 heteroatoms. The molecule has 0 amide bonds. The van der Waals surface area contributed by atoms with Gasteiger partial charge in [-0.3, -0.25) is 14.7 Å². The standard InChI is InChI=1S/C18H21N5O4S2/c24-18-22(14-11-13(23(25)26)7-8-15(14)27-18)9-4-10-28-17-21-20-16(29-17)19-12-5-2-1-3-6-12/h7-8,11-12H,1-6,9-10H2,(H,19,20). The van der Waals surface area contributed by atoms with E-state index >= 15 is 0 Å². The predicted octanol–water partition coefficient (Wildman–Crippen LogP) is 4.28. The van der Waals surface area contributed by atoms with Crippen molar-refractivity contribution >= 4 is 45.0 Å². The second kappa shape index (κ2) is 8.95. The number of benzene rings is 1. The highest BCUT2D eigenvalue weighted by Gasteiger charge is 2.16. The maximum Gasteiger partial charge on any atom is 0.419 e. The highest BCUT2D eigenvalue weighted by atomic mass is 32.2. The van der Waals surface area contributed by atoms with Gasteiger partial charge in [-0.1, -0.05) is 42.4 Å². The number of aromatic nitrogens is 3. The number of nitrogens with one attached hydrogen (secondary N) is 1. The molecule has 3 aromatic rings. The van der Waals surface area contributed by atoms with Gasteiger partial charge < -0.3 is 9.73 Å². The van der Waals surface area contributed by atoms with E-state index < -0.39 is 10.7 Å². The van der Waals surface area contributed by atoms with E-state index in [1.807, 2.05) is 0 Å². The van der Waals surface area contributed by atoms with E-state index in [4.69, 9.17) is 4.42 Å². The fourth-order valence-corrected chi connectivity index (χ4v) is 5.33. The average molecular weight is 436 g/mol. The zero-order valence-electron chi connectivity index (χ0n) is 15.7. The van der Waals surface area contributed by atoms with E-state index in [0.29, 0.717) is 30.1 Å². The van der Waals surface area contributed by atoms with Crippen LogP contribution in [0, 0.1) is 10.1 Å². The second-order valence-corrected chi connectivity index (χ2v) is 9.30. The van der Waals surface area contributed by atoms with Crippen molar-refractivity contribution in [1.82, 2.24) is 14.8 Å². The van der Waals surface area contributed by atoms with Gasteiger partial charge in [0.2, 0.25) is 5.13 Å². The lowest BCUT2D eigenvalue weighted by Gasteiger charge is -2.21. The molecule has 0 unspecified atom stereocenters.